The Balaban J connectivity index is 1.33. The van der Waals surface area contributed by atoms with E-state index < -0.39 is 0 Å². The van der Waals surface area contributed by atoms with Gasteiger partial charge in [0.05, 0.1) is 6.54 Å². The number of pyridine rings is 1. The number of benzene rings is 1. The van der Waals surface area contributed by atoms with Crippen LogP contribution >= 0.6 is 11.6 Å². The van der Waals surface area contributed by atoms with Crippen LogP contribution in [0.25, 0.3) is 11.4 Å². The van der Waals surface area contributed by atoms with Crippen LogP contribution in [-0.2, 0) is 6.54 Å². The van der Waals surface area contributed by atoms with Crippen molar-refractivity contribution in [2.75, 3.05) is 49.1 Å². The summed E-state index contributed by atoms with van der Waals surface area (Å²) in [5.41, 5.74) is 2.08. The van der Waals surface area contributed by atoms with Crippen LogP contribution in [0.5, 0.6) is 0 Å². The number of piperazine rings is 1. The molecule has 1 aliphatic rings. The molecule has 0 unspecified atom stereocenters. The average molecular weight is 427 g/mol. The lowest BCUT2D eigenvalue weighted by molar-refractivity contribution is 0.215. The first-order chi connectivity index (χ1) is 14.7. The van der Waals surface area contributed by atoms with Crippen molar-refractivity contribution in [2.24, 2.45) is 0 Å². The highest BCUT2D eigenvalue weighted by atomic mass is 35.5. The van der Waals surface area contributed by atoms with Crippen LogP contribution < -0.4 is 9.80 Å². The minimum absolute atomic E-state index is 0.586. The minimum atomic E-state index is 0.586. The minimum Gasteiger partial charge on any atom is -0.369 e. The van der Waals surface area contributed by atoms with Crippen LogP contribution in [0, 0.1) is 0 Å². The Morgan fingerprint density at radius 2 is 1.73 bits per heavy atom. The van der Waals surface area contributed by atoms with Crippen molar-refractivity contribution < 1.29 is 4.52 Å². The largest absolute Gasteiger partial charge is 0.369 e. The summed E-state index contributed by atoms with van der Waals surface area (Å²) in [4.78, 5) is 16.0. The lowest BCUT2D eigenvalue weighted by atomic mass is 10.2. The molecule has 1 fully saturated rings. The van der Waals surface area contributed by atoms with Crippen LogP contribution in [-0.4, -0.2) is 59.3 Å². The summed E-state index contributed by atoms with van der Waals surface area (Å²) >= 11 is 5.99. The van der Waals surface area contributed by atoms with Crippen LogP contribution in [0.2, 0.25) is 5.02 Å². The van der Waals surface area contributed by atoms with Crippen molar-refractivity contribution >= 4 is 23.1 Å². The third-order valence-electron chi connectivity index (χ3n) is 5.48. The molecule has 0 saturated carbocycles. The number of aromatic nitrogens is 3. The highest BCUT2D eigenvalue weighted by Gasteiger charge is 2.20. The molecule has 3 heterocycles. The molecule has 0 atom stereocenters. The van der Waals surface area contributed by atoms with E-state index in [4.69, 9.17) is 16.1 Å². The van der Waals surface area contributed by atoms with Crippen molar-refractivity contribution in [1.29, 1.82) is 0 Å². The molecule has 7 nitrogen and oxygen atoms in total. The van der Waals surface area contributed by atoms with E-state index in [0.29, 0.717) is 18.3 Å². The quantitative estimate of drug-likeness (QED) is 0.566. The van der Waals surface area contributed by atoms with Gasteiger partial charge >= 0.3 is 0 Å². The van der Waals surface area contributed by atoms with Crippen LogP contribution in [0.1, 0.15) is 19.7 Å². The molecular weight excluding hydrogens is 400 g/mol. The van der Waals surface area contributed by atoms with E-state index in [2.05, 4.69) is 55.8 Å². The number of anilines is 2. The van der Waals surface area contributed by atoms with Gasteiger partial charge in [0, 0.05) is 61.7 Å². The van der Waals surface area contributed by atoms with Crippen LogP contribution in [0.4, 0.5) is 11.5 Å². The smallest absolute Gasteiger partial charge is 0.241 e. The number of halogens is 1. The number of rotatable bonds is 7. The maximum absolute atomic E-state index is 5.99. The second-order valence-electron chi connectivity index (χ2n) is 7.33. The van der Waals surface area contributed by atoms with Gasteiger partial charge in [0.2, 0.25) is 11.7 Å². The highest BCUT2D eigenvalue weighted by molar-refractivity contribution is 6.30. The third-order valence-corrected chi connectivity index (χ3v) is 5.74. The van der Waals surface area contributed by atoms with Gasteiger partial charge in [-0.15, -0.1) is 0 Å². The second kappa shape index (κ2) is 9.45. The van der Waals surface area contributed by atoms with E-state index in [1.54, 1.807) is 0 Å². The molecule has 0 amide bonds. The predicted molar refractivity (Wildman–Crippen MR) is 120 cm³/mol. The Kier molecular flexibility index (Phi) is 6.50. The van der Waals surface area contributed by atoms with Gasteiger partial charge in [0.15, 0.2) is 0 Å². The molecule has 0 aliphatic carbocycles. The average Bonchev–Trinajstić information content (AvgIpc) is 3.25. The fourth-order valence-electron chi connectivity index (χ4n) is 3.70. The Morgan fingerprint density at radius 1 is 1.00 bits per heavy atom. The second-order valence-corrected chi connectivity index (χ2v) is 7.77. The van der Waals surface area contributed by atoms with E-state index in [1.807, 2.05) is 30.5 Å². The summed E-state index contributed by atoms with van der Waals surface area (Å²) in [6.45, 7) is 10.6. The monoisotopic (exact) mass is 426 g/mol. The zero-order chi connectivity index (χ0) is 20.9. The standard InChI is InChI=1S/C22H27ClN6O/c1-3-28(4-2)20-10-5-17(15-24-20)22-25-21(30-26-22)16-27-11-13-29(14-12-27)19-8-6-18(23)7-9-19/h5-10,15H,3-4,11-14,16H2,1-2H3. The first kappa shape index (κ1) is 20.6. The first-order valence-electron chi connectivity index (χ1n) is 10.4. The summed E-state index contributed by atoms with van der Waals surface area (Å²) in [7, 11) is 0. The Labute approximate surface area is 182 Å². The predicted octanol–water partition coefficient (Wildman–Crippen LogP) is 3.95. The maximum atomic E-state index is 5.99. The summed E-state index contributed by atoms with van der Waals surface area (Å²) in [6, 6.07) is 12.0. The fraction of sp³-hybridized carbons (Fsp3) is 0.409. The molecule has 0 spiro atoms. The molecule has 30 heavy (non-hydrogen) atoms. The molecule has 158 valence electrons. The van der Waals surface area contributed by atoms with E-state index in [9.17, 15) is 0 Å². The van der Waals surface area contributed by atoms with Crippen molar-refractivity contribution in [3.8, 4) is 11.4 Å². The van der Waals surface area contributed by atoms with Gasteiger partial charge in [0.25, 0.3) is 0 Å². The Hall–Kier alpha value is -2.64. The van der Waals surface area contributed by atoms with Crippen molar-refractivity contribution in [3.05, 3.63) is 53.5 Å². The molecule has 0 radical (unpaired) electrons. The fourth-order valence-corrected chi connectivity index (χ4v) is 3.82. The van der Waals surface area contributed by atoms with Gasteiger partial charge in [0.1, 0.15) is 5.82 Å². The normalized spacial score (nSPS) is 14.8. The Morgan fingerprint density at radius 3 is 2.37 bits per heavy atom. The van der Waals surface area contributed by atoms with E-state index >= 15 is 0 Å². The van der Waals surface area contributed by atoms with Gasteiger partial charge in [-0.05, 0) is 50.2 Å². The lowest BCUT2D eigenvalue weighted by Crippen LogP contribution is -2.46. The van der Waals surface area contributed by atoms with Crippen LogP contribution in [0.15, 0.2) is 47.1 Å². The van der Waals surface area contributed by atoms with Crippen molar-refractivity contribution in [3.63, 3.8) is 0 Å². The molecule has 1 aliphatic heterocycles. The molecule has 1 saturated heterocycles. The van der Waals surface area contributed by atoms with Crippen molar-refractivity contribution in [2.45, 2.75) is 20.4 Å². The highest BCUT2D eigenvalue weighted by Crippen LogP contribution is 2.21. The maximum Gasteiger partial charge on any atom is 0.241 e. The van der Waals surface area contributed by atoms with Gasteiger partial charge in [-0.2, -0.15) is 4.98 Å². The molecule has 1 aromatic carbocycles. The molecule has 8 heteroatoms. The molecular formula is C22H27ClN6O. The summed E-state index contributed by atoms with van der Waals surface area (Å²) in [5, 5.41) is 4.91. The first-order valence-corrected chi connectivity index (χ1v) is 10.8. The molecule has 0 bridgehead atoms. The molecule has 2 aromatic heterocycles. The van der Waals surface area contributed by atoms with E-state index in [0.717, 1.165) is 55.7 Å². The van der Waals surface area contributed by atoms with Gasteiger partial charge in [-0.25, -0.2) is 4.98 Å². The third kappa shape index (κ3) is 4.74. The summed E-state index contributed by atoms with van der Waals surface area (Å²) in [5.74, 6) is 2.19. The molecule has 0 N–H and O–H groups in total. The van der Waals surface area contributed by atoms with Gasteiger partial charge in [-0.3, -0.25) is 4.90 Å². The summed E-state index contributed by atoms with van der Waals surface area (Å²) in [6.07, 6.45) is 1.81. The molecule has 4 rings (SSSR count). The number of hydrogen-bond donors (Lipinski definition) is 0. The summed E-state index contributed by atoms with van der Waals surface area (Å²) < 4.78 is 5.50. The molecule has 3 aromatic rings. The van der Waals surface area contributed by atoms with Gasteiger partial charge < -0.3 is 14.3 Å². The zero-order valence-electron chi connectivity index (χ0n) is 17.5. The Bertz CT molecular complexity index is 931. The van der Waals surface area contributed by atoms with Crippen molar-refractivity contribution in [1.82, 2.24) is 20.0 Å². The zero-order valence-corrected chi connectivity index (χ0v) is 18.2. The van der Waals surface area contributed by atoms with Crippen LogP contribution in [0.3, 0.4) is 0 Å². The lowest BCUT2D eigenvalue weighted by Gasteiger charge is -2.35. The number of nitrogens with zero attached hydrogens (tertiary/aromatic N) is 6. The van der Waals surface area contributed by atoms with Gasteiger partial charge in [-0.1, -0.05) is 16.8 Å². The van der Waals surface area contributed by atoms with E-state index in [-0.39, 0.29) is 0 Å². The SMILES string of the molecule is CCN(CC)c1ccc(-c2noc(CN3CCN(c4ccc(Cl)cc4)CC3)n2)cn1. The number of hydrogen-bond acceptors (Lipinski definition) is 7. The van der Waals surface area contributed by atoms with E-state index in [1.165, 1.54) is 5.69 Å². The topological polar surface area (TPSA) is 61.5 Å².